The molecule has 0 bridgehead atoms. The van der Waals surface area contributed by atoms with Crippen LogP contribution >= 0.6 is 0 Å². The molecule has 1 rings (SSSR count). The average molecular weight is 235 g/mol. The second-order valence-electron chi connectivity index (χ2n) is 5.58. The van der Waals surface area contributed by atoms with Crippen LogP contribution in [0.1, 0.15) is 50.5 Å². The molecule has 0 saturated heterocycles. The summed E-state index contributed by atoms with van der Waals surface area (Å²) in [5, 5.41) is 12.9. The maximum Gasteiger partial charge on any atom is 0.255 e. The van der Waals surface area contributed by atoms with Crippen molar-refractivity contribution in [2.24, 2.45) is 0 Å². The summed E-state index contributed by atoms with van der Waals surface area (Å²) < 4.78 is 0. The molecule has 3 heteroatoms. The molecule has 0 atom stereocenters. The SMILES string of the molecule is CC(C)NC(=O)c1cccc(C(C)(C)C)c1O. The van der Waals surface area contributed by atoms with E-state index in [2.05, 4.69) is 5.32 Å². The molecule has 0 aromatic heterocycles. The lowest BCUT2D eigenvalue weighted by atomic mass is 9.85. The van der Waals surface area contributed by atoms with Crippen LogP contribution in [-0.4, -0.2) is 17.1 Å². The molecule has 3 nitrogen and oxygen atoms in total. The fraction of sp³-hybridized carbons (Fsp3) is 0.500. The van der Waals surface area contributed by atoms with Crippen LogP contribution in [0, 0.1) is 0 Å². The highest BCUT2D eigenvalue weighted by atomic mass is 16.3. The van der Waals surface area contributed by atoms with Crippen molar-refractivity contribution in [1.29, 1.82) is 0 Å². The van der Waals surface area contributed by atoms with Crippen LogP contribution in [0.4, 0.5) is 0 Å². The number of aromatic hydroxyl groups is 1. The van der Waals surface area contributed by atoms with E-state index in [1.54, 1.807) is 12.1 Å². The molecule has 0 heterocycles. The van der Waals surface area contributed by atoms with Gasteiger partial charge in [-0.1, -0.05) is 32.9 Å². The minimum Gasteiger partial charge on any atom is -0.507 e. The zero-order chi connectivity index (χ0) is 13.2. The first-order valence-electron chi connectivity index (χ1n) is 5.87. The van der Waals surface area contributed by atoms with Gasteiger partial charge in [-0.15, -0.1) is 0 Å². The molecule has 94 valence electrons. The number of carbonyl (C=O) groups is 1. The highest BCUT2D eigenvalue weighted by Crippen LogP contribution is 2.32. The van der Waals surface area contributed by atoms with Gasteiger partial charge in [0.2, 0.25) is 0 Å². The third-order valence-electron chi connectivity index (χ3n) is 2.51. The maximum atomic E-state index is 11.9. The topological polar surface area (TPSA) is 49.3 Å². The van der Waals surface area contributed by atoms with Gasteiger partial charge in [0.05, 0.1) is 5.56 Å². The van der Waals surface area contributed by atoms with E-state index in [4.69, 9.17) is 0 Å². The van der Waals surface area contributed by atoms with Crippen LogP contribution in [0.15, 0.2) is 18.2 Å². The van der Waals surface area contributed by atoms with E-state index in [-0.39, 0.29) is 23.1 Å². The first-order chi connectivity index (χ1) is 7.73. The zero-order valence-corrected chi connectivity index (χ0v) is 11.2. The number of phenols is 1. The molecule has 0 saturated carbocycles. The number of rotatable bonds is 2. The Kier molecular flexibility index (Phi) is 3.81. The Morgan fingerprint density at radius 2 is 1.88 bits per heavy atom. The van der Waals surface area contributed by atoms with Crippen LogP contribution in [-0.2, 0) is 5.41 Å². The molecule has 0 aliphatic rings. The van der Waals surface area contributed by atoms with Gasteiger partial charge in [-0.2, -0.15) is 0 Å². The van der Waals surface area contributed by atoms with Crippen LogP contribution < -0.4 is 5.32 Å². The lowest BCUT2D eigenvalue weighted by Gasteiger charge is -2.21. The largest absolute Gasteiger partial charge is 0.507 e. The number of hydrogen-bond acceptors (Lipinski definition) is 2. The summed E-state index contributed by atoms with van der Waals surface area (Å²) in [5.74, 6) is -0.151. The van der Waals surface area contributed by atoms with Crippen molar-refractivity contribution in [1.82, 2.24) is 5.32 Å². The molecule has 2 N–H and O–H groups in total. The second kappa shape index (κ2) is 4.78. The summed E-state index contributed by atoms with van der Waals surface area (Å²) in [4.78, 5) is 11.9. The van der Waals surface area contributed by atoms with Gasteiger partial charge < -0.3 is 10.4 Å². The minimum absolute atomic E-state index is 0.0557. The number of carbonyl (C=O) groups excluding carboxylic acids is 1. The van der Waals surface area contributed by atoms with Crippen LogP contribution in [0.3, 0.4) is 0 Å². The molecular formula is C14H21NO2. The normalized spacial score (nSPS) is 11.6. The molecule has 0 spiro atoms. The minimum atomic E-state index is -0.233. The lowest BCUT2D eigenvalue weighted by Crippen LogP contribution is -2.30. The highest BCUT2D eigenvalue weighted by Gasteiger charge is 2.22. The van der Waals surface area contributed by atoms with E-state index in [1.165, 1.54) is 0 Å². The number of hydrogen-bond donors (Lipinski definition) is 2. The summed E-state index contributed by atoms with van der Waals surface area (Å²) in [6, 6.07) is 5.35. The monoisotopic (exact) mass is 235 g/mol. The van der Waals surface area contributed by atoms with Crippen LogP contribution in [0.5, 0.6) is 5.75 Å². The maximum absolute atomic E-state index is 11.9. The van der Waals surface area contributed by atoms with Gasteiger partial charge in [0.15, 0.2) is 0 Å². The predicted molar refractivity (Wildman–Crippen MR) is 69.4 cm³/mol. The molecule has 0 radical (unpaired) electrons. The standard InChI is InChI=1S/C14H21NO2/c1-9(2)15-13(17)10-7-6-8-11(12(10)16)14(3,4)5/h6-9,16H,1-5H3,(H,15,17). The van der Waals surface area contributed by atoms with Crippen molar-refractivity contribution in [2.75, 3.05) is 0 Å². The van der Waals surface area contributed by atoms with E-state index in [9.17, 15) is 9.90 Å². The summed E-state index contributed by atoms with van der Waals surface area (Å²) in [6.07, 6.45) is 0. The fourth-order valence-electron chi connectivity index (χ4n) is 1.67. The van der Waals surface area contributed by atoms with Crippen molar-refractivity contribution >= 4 is 5.91 Å². The second-order valence-corrected chi connectivity index (χ2v) is 5.58. The van der Waals surface area contributed by atoms with Crippen molar-refractivity contribution in [3.8, 4) is 5.75 Å². The van der Waals surface area contributed by atoms with Gasteiger partial charge in [0.1, 0.15) is 5.75 Å². The Morgan fingerprint density at radius 1 is 1.29 bits per heavy atom. The van der Waals surface area contributed by atoms with E-state index >= 15 is 0 Å². The Bertz CT molecular complexity index is 417. The molecule has 1 amide bonds. The summed E-state index contributed by atoms with van der Waals surface area (Å²) >= 11 is 0. The van der Waals surface area contributed by atoms with Crippen molar-refractivity contribution < 1.29 is 9.90 Å². The molecule has 0 aliphatic heterocycles. The Hall–Kier alpha value is -1.51. The molecule has 0 unspecified atom stereocenters. The first-order valence-corrected chi connectivity index (χ1v) is 5.87. The predicted octanol–water partition coefficient (Wildman–Crippen LogP) is 2.83. The van der Waals surface area contributed by atoms with Gasteiger partial charge in [0.25, 0.3) is 5.91 Å². The first kappa shape index (κ1) is 13.6. The van der Waals surface area contributed by atoms with E-state index in [0.717, 1.165) is 5.56 Å². The Balaban J connectivity index is 3.15. The number of benzene rings is 1. The van der Waals surface area contributed by atoms with Crippen molar-refractivity contribution in [2.45, 2.75) is 46.1 Å². The van der Waals surface area contributed by atoms with Gasteiger partial charge in [0, 0.05) is 11.6 Å². The van der Waals surface area contributed by atoms with Crippen molar-refractivity contribution in [3.63, 3.8) is 0 Å². The summed E-state index contributed by atoms with van der Waals surface area (Å²) in [7, 11) is 0. The van der Waals surface area contributed by atoms with Gasteiger partial charge in [-0.05, 0) is 25.3 Å². The average Bonchev–Trinajstić information content (AvgIpc) is 2.14. The lowest BCUT2D eigenvalue weighted by molar-refractivity contribution is 0.0940. The molecule has 1 aromatic carbocycles. The quantitative estimate of drug-likeness (QED) is 0.828. The molecule has 0 fully saturated rings. The number of para-hydroxylation sites is 1. The van der Waals surface area contributed by atoms with Gasteiger partial charge >= 0.3 is 0 Å². The molecule has 1 aromatic rings. The number of nitrogens with one attached hydrogen (secondary N) is 1. The summed E-state index contributed by atoms with van der Waals surface area (Å²) in [5.41, 5.74) is 0.943. The number of phenolic OH excluding ortho intramolecular Hbond substituents is 1. The van der Waals surface area contributed by atoms with Gasteiger partial charge in [-0.3, -0.25) is 4.79 Å². The van der Waals surface area contributed by atoms with E-state index in [1.807, 2.05) is 40.7 Å². The van der Waals surface area contributed by atoms with Crippen molar-refractivity contribution in [3.05, 3.63) is 29.3 Å². The third kappa shape index (κ3) is 3.22. The molecular weight excluding hydrogens is 214 g/mol. The fourth-order valence-corrected chi connectivity index (χ4v) is 1.67. The molecule has 0 aliphatic carbocycles. The smallest absolute Gasteiger partial charge is 0.255 e. The third-order valence-corrected chi connectivity index (χ3v) is 2.51. The van der Waals surface area contributed by atoms with E-state index in [0.29, 0.717) is 5.56 Å². The number of amides is 1. The van der Waals surface area contributed by atoms with Gasteiger partial charge in [-0.25, -0.2) is 0 Å². The summed E-state index contributed by atoms with van der Waals surface area (Å²) in [6.45, 7) is 9.80. The Morgan fingerprint density at radius 3 is 2.35 bits per heavy atom. The van der Waals surface area contributed by atoms with Crippen LogP contribution in [0.25, 0.3) is 0 Å². The van der Waals surface area contributed by atoms with Crippen LogP contribution in [0.2, 0.25) is 0 Å². The van der Waals surface area contributed by atoms with E-state index < -0.39 is 0 Å². The Labute approximate surface area is 103 Å². The zero-order valence-electron chi connectivity index (χ0n) is 11.2. The molecule has 17 heavy (non-hydrogen) atoms. The highest BCUT2D eigenvalue weighted by molar-refractivity contribution is 5.97.